The summed E-state index contributed by atoms with van der Waals surface area (Å²) in [5.41, 5.74) is 2.11. The smallest absolute Gasteiger partial charge is 0.0868 e. The van der Waals surface area contributed by atoms with Crippen LogP contribution in [0.1, 0.15) is 25.0 Å². The minimum absolute atomic E-state index is 0.152. The van der Waals surface area contributed by atoms with Crippen LogP contribution in [0.5, 0.6) is 0 Å². The molecular formula is C26H24NP. The molecule has 1 aliphatic rings. The largest absolute Gasteiger partial charge is 0.197 e. The minimum Gasteiger partial charge on any atom is -0.197 e. The Labute approximate surface area is 169 Å². The number of fused-ring (bicyclic) bond motifs is 1. The lowest BCUT2D eigenvalue weighted by Crippen LogP contribution is -2.40. The van der Waals surface area contributed by atoms with Gasteiger partial charge in [0.1, 0.15) is 0 Å². The Morgan fingerprint density at radius 3 is 1.96 bits per heavy atom. The molecule has 3 unspecified atom stereocenters. The zero-order valence-electron chi connectivity index (χ0n) is 16.3. The van der Waals surface area contributed by atoms with Crippen molar-refractivity contribution in [2.45, 2.75) is 24.9 Å². The van der Waals surface area contributed by atoms with Gasteiger partial charge in [0, 0.05) is 5.92 Å². The maximum Gasteiger partial charge on any atom is 0.0868 e. The molecule has 0 fully saturated rings. The zero-order chi connectivity index (χ0) is 19.6. The van der Waals surface area contributed by atoms with Crippen LogP contribution in [-0.4, -0.2) is 5.66 Å². The maximum atomic E-state index is 10.3. The third kappa shape index (κ3) is 3.19. The molecule has 4 rings (SSSR count). The van der Waals surface area contributed by atoms with Crippen molar-refractivity contribution in [2.75, 3.05) is 0 Å². The fourth-order valence-electron chi connectivity index (χ4n) is 4.43. The molecule has 0 aliphatic heterocycles. The van der Waals surface area contributed by atoms with Crippen LogP contribution in [0.4, 0.5) is 0 Å². The molecule has 1 aliphatic carbocycles. The van der Waals surface area contributed by atoms with E-state index < -0.39 is 13.3 Å². The van der Waals surface area contributed by atoms with Gasteiger partial charge >= 0.3 is 0 Å². The predicted octanol–water partition coefficient (Wildman–Crippen LogP) is 5.63. The van der Waals surface area contributed by atoms with Crippen molar-refractivity contribution in [3.05, 3.63) is 102 Å². The summed E-state index contributed by atoms with van der Waals surface area (Å²) in [6.45, 7) is 4.43. The maximum absolute atomic E-state index is 10.3. The summed E-state index contributed by atoms with van der Waals surface area (Å²) in [4.78, 5) is 0. The molecule has 3 aromatic rings. The lowest BCUT2D eigenvalue weighted by atomic mass is 9.67. The first-order valence-electron chi connectivity index (χ1n) is 9.73. The predicted molar refractivity (Wildman–Crippen MR) is 120 cm³/mol. The monoisotopic (exact) mass is 381 g/mol. The molecule has 3 atom stereocenters. The molecule has 0 bridgehead atoms. The Morgan fingerprint density at radius 2 is 1.39 bits per heavy atom. The van der Waals surface area contributed by atoms with Crippen molar-refractivity contribution in [1.82, 2.24) is 0 Å². The lowest BCUT2D eigenvalue weighted by Gasteiger charge is -2.41. The van der Waals surface area contributed by atoms with Crippen molar-refractivity contribution in [3.63, 3.8) is 0 Å². The van der Waals surface area contributed by atoms with Crippen molar-refractivity contribution in [3.8, 4) is 6.07 Å². The van der Waals surface area contributed by atoms with Gasteiger partial charge < -0.3 is 0 Å². The quantitative estimate of drug-likeness (QED) is 0.537. The highest BCUT2D eigenvalue weighted by atomic mass is 31.1. The molecule has 1 nitrogen and oxygen atoms in total. The van der Waals surface area contributed by atoms with Gasteiger partial charge in [-0.25, -0.2) is 0 Å². The summed E-state index contributed by atoms with van der Waals surface area (Å²) in [7, 11) is -0.591. The van der Waals surface area contributed by atoms with Gasteiger partial charge in [-0.05, 0) is 42.2 Å². The van der Waals surface area contributed by atoms with Gasteiger partial charge in [0.25, 0.3) is 0 Å². The summed E-state index contributed by atoms with van der Waals surface area (Å²) in [5, 5.41) is 13.0. The second kappa shape index (κ2) is 7.75. The highest BCUT2D eigenvalue weighted by Crippen LogP contribution is 2.51. The molecule has 28 heavy (non-hydrogen) atoms. The number of rotatable bonds is 4. The average Bonchev–Trinajstić information content (AvgIpc) is 2.76. The SMILES string of the molecule is CC(C1C=Cc2ccccc2C1(C)C#N)P(c1ccccc1)c1ccccc1. The third-order valence-electron chi connectivity index (χ3n) is 5.90. The first kappa shape index (κ1) is 18.7. The Hall–Kier alpha value is -2.68. The minimum atomic E-state index is -0.591. The number of nitrogens with zero attached hydrogens (tertiary/aromatic N) is 1. The Bertz CT molecular complexity index is 980. The van der Waals surface area contributed by atoms with Crippen LogP contribution in [0.15, 0.2) is 91.0 Å². The van der Waals surface area contributed by atoms with Gasteiger partial charge in [-0.15, -0.1) is 0 Å². The molecule has 0 aromatic heterocycles. The van der Waals surface area contributed by atoms with Crippen LogP contribution in [0.3, 0.4) is 0 Å². The Morgan fingerprint density at radius 1 is 0.857 bits per heavy atom. The fourth-order valence-corrected chi connectivity index (χ4v) is 7.37. The van der Waals surface area contributed by atoms with Crippen molar-refractivity contribution < 1.29 is 0 Å². The second-order valence-electron chi connectivity index (χ2n) is 7.57. The first-order valence-corrected chi connectivity index (χ1v) is 11.1. The Balaban J connectivity index is 1.82. The molecule has 0 saturated heterocycles. The molecular weight excluding hydrogens is 357 g/mol. The van der Waals surface area contributed by atoms with Crippen molar-refractivity contribution in [1.29, 1.82) is 5.26 Å². The van der Waals surface area contributed by atoms with E-state index in [2.05, 4.69) is 105 Å². The molecule has 0 radical (unpaired) electrons. The molecule has 0 spiro atoms. The van der Waals surface area contributed by atoms with Gasteiger partial charge in [-0.1, -0.05) is 104 Å². The van der Waals surface area contributed by atoms with E-state index in [0.29, 0.717) is 5.66 Å². The van der Waals surface area contributed by atoms with E-state index in [-0.39, 0.29) is 5.92 Å². The van der Waals surface area contributed by atoms with Crippen LogP contribution >= 0.6 is 7.92 Å². The number of hydrogen-bond donors (Lipinski definition) is 0. The van der Waals surface area contributed by atoms with E-state index in [1.54, 1.807) is 0 Å². The van der Waals surface area contributed by atoms with E-state index in [9.17, 15) is 5.26 Å². The van der Waals surface area contributed by atoms with Crippen molar-refractivity contribution >= 4 is 24.6 Å². The molecule has 0 heterocycles. The van der Waals surface area contributed by atoms with E-state index >= 15 is 0 Å². The Kier molecular flexibility index (Phi) is 5.17. The molecule has 3 aromatic carbocycles. The topological polar surface area (TPSA) is 23.8 Å². The van der Waals surface area contributed by atoms with Gasteiger partial charge in [0.2, 0.25) is 0 Å². The summed E-state index contributed by atoms with van der Waals surface area (Å²) in [5.74, 6) is 0.152. The number of hydrogen-bond acceptors (Lipinski definition) is 1. The van der Waals surface area contributed by atoms with Gasteiger partial charge in [-0.2, -0.15) is 5.26 Å². The second-order valence-corrected chi connectivity index (χ2v) is 10.2. The molecule has 0 saturated carbocycles. The van der Waals surface area contributed by atoms with Crippen LogP contribution in [-0.2, 0) is 5.41 Å². The highest BCUT2D eigenvalue weighted by Gasteiger charge is 2.43. The van der Waals surface area contributed by atoms with Crippen molar-refractivity contribution in [2.24, 2.45) is 5.92 Å². The van der Waals surface area contributed by atoms with Crippen LogP contribution < -0.4 is 10.6 Å². The van der Waals surface area contributed by atoms with Crippen LogP contribution in [0.2, 0.25) is 0 Å². The van der Waals surface area contributed by atoms with Crippen LogP contribution in [0.25, 0.3) is 6.08 Å². The van der Waals surface area contributed by atoms with Crippen LogP contribution in [0, 0.1) is 17.2 Å². The van der Waals surface area contributed by atoms with Gasteiger partial charge in [0.05, 0.1) is 11.5 Å². The zero-order valence-corrected chi connectivity index (χ0v) is 17.2. The van der Waals surface area contributed by atoms with E-state index in [1.165, 1.54) is 16.2 Å². The molecule has 0 N–H and O–H groups in total. The summed E-state index contributed by atoms with van der Waals surface area (Å²) >= 11 is 0. The van der Waals surface area contributed by atoms with E-state index in [0.717, 1.165) is 5.56 Å². The summed E-state index contributed by atoms with van der Waals surface area (Å²) in [6.07, 6.45) is 4.48. The number of nitriles is 1. The summed E-state index contributed by atoms with van der Waals surface area (Å²) in [6, 6.07) is 32.6. The molecule has 2 heteroatoms. The van der Waals surface area contributed by atoms with Gasteiger partial charge in [0.15, 0.2) is 0 Å². The fraction of sp³-hybridized carbons (Fsp3) is 0.192. The standard InChI is InChI=1S/C26H24NP/c1-20(24-18-17-21-11-9-10-16-25(21)26(24,2)19-27)28(22-12-5-3-6-13-22)23-14-7-4-8-15-23/h3-18,20,24H,1-2H3. The molecule has 138 valence electrons. The number of benzene rings is 3. The highest BCUT2D eigenvalue weighted by molar-refractivity contribution is 7.73. The normalized spacial score (nSPS) is 21.7. The lowest BCUT2D eigenvalue weighted by molar-refractivity contribution is 0.431. The average molecular weight is 381 g/mol. The van der Waals surface area contributed by atoms with E-state index in [1.807, 2.05) is 12.1 Å². The molecule has 0 amide bonds. The first-order chi connectivity index (χ1) is 13.6. The van der Waals surface area contributed by atoms with E-state index in [4.69, 9.17) is 0 Å². The van der Waals surface area contributed by atoms with Gasteiger partial charge in [-0.3, -0.25) is 0 Å². The summed E-state index contributed by atoms with van der Waals surface area (Å²) < 4.78 is 0. The number of allylic oxidation sites excluding steroid dienone is 1. The third-order valence-corrected chi connectivity index (χ3v) is 8.74.